The van der Waals surface area contributed by atoms with Gasteiger partial charge in [0, 0.05) is 6.42 Å². The normalized spacial score (nSPS) is 12.0. The van der Waals surface area contributed by atoms with Crippen molar-refractivity contribution in [3.8, 4) is 5.75 Å². The van der Waals surface area contributed by atoms with Crippen LogP contribution in [0.4, 0.5) is 0 Å². The van der Waals surface area contributed by atoms with Gasteiger partial charge in [-0.3, -0.25) is 4.79 Å². The predicted octanol–water partition coefficient (Wildman–Crippen LogP) is 6.97. The Morgan fingerprint density at radius 2 is 1.48 bits per heavy atom. The molecule has 0 atom stereocenters. The molecule has 2 aromatic carbocycles. The van der Waals surface area contributed by atoms with Crippen LogP contribution in [0.2, 0.25) is 16.6 Å². The number of carboxylic acid groups (broad SMARTS) is 1. The molecule has 0 saturated heterocycles. The molecule has 2 rings (SSSR count). The standard InChI is InChI=1S/C26H38O4Si/c1-19(2)31(20(3)4,21(5)6)30-18-23-12-14-25(24(16-23)13-15-26(27)28)29-17-22-10-8-7-9-11-22/h7-12,14,16,19-21H,13,15,17-18H2,1-6H3,(H,27,28). The van der Waals surface area contributed by atoms with Gasteiger partial charge in [0.25, 0.3) is 0 Å². The smallest absolute Gasteiger partial charge is 0.303 e. The quantitative estimate of drug-likeness (QED) is 0.360. The third-order valence-corrected chi connectivity index (χ3v) is 12.2. The molecule has 170 valence electrons. The van der Waals surface area contributed by atoms with Crippen molar-refractivity contribution in [2.75, 3.05) is 0 Å². The Hall–Kier alpha value is -2.11. The Labute approximate surface area is 188 Å². The fourth-order valence-corrected chi connectivity index (χ4v) is 10.2. The van der Waals surface area contributed by atoms with E-state index in [1.807, 2.05) is 42.5 Å². The number of aliphatic carboxylic acids is 1. The molecule has 5 heteroatoms. The maximum absolute atomic E-state index is 11.2. The molecule has 0 aliphatic rings. The summed E-state index contributed by atoms with van der Waals surface area (Å²) >= 11 is 0. The minimum Gasteiger partial charge on any atom is -0.489 e. The molecule has 1 N–H and O–H groups in total. The molecular weight excluding hydrogens is 404 g/mol. The van der Waals surface area contributed by atoms with E-state index in [4.69, 9.17) is 9.16 Å². The highest BCUT2D eigenvalue weighted by Gasteiger charge is 2.44. The lowest BCUT2D eigenvalue weighted by atomic mass is 10.1. The number of hydrogen-bond acceptors (Lipinski definition) is 3. The van der Waals surface area contributed by atoms with Gasteiger partial charge in [-0.25, -0.2) is 0 Å². The molecule has 31 heavy (non-hydrogen) atoms. The van der Waals surface area contributed by atoms with Gasteiger partial charge in [-0.2, -0.15) is 0 Å². The molecule has 0 aliphatic heterocycles. The zero-order chi connectivity index (χ0) is 23.0. The average Bonchev–Trinajstić information content (AvgIpc) is 2.71. The van der Waals surface area contributed by atoms with Gasteiger partial charge in [0.15, 0.2) is 0 Å². The first-order valence-corrected chi connectivity index (χ1v) is 13.4. The fraction of sp³-hybridized carbons (Fsp3) is 0.500. The number of carbonyl (C=O) groups is 1. The van der Waals surface area contributed by atoms with Crippen molar-refractivity contribution in [2.24, 2.45) is 0 Å². The second-order valence-electron chi connectivity index (χ2n) is 9.22. The van der Waals surface area contributed by atoms with Gasteiger partial charge in [-0.05, 0) is 51.9 Å². The summed E-state index contributed by atoms with van der Waals surface area (Å²) in [5.41, 5.74) is 4.64. The van der Waals surface area contributed by atoms with E-state index in [0.29, 0.717) is 36.3 Å². The topological polar surface area (TPSA) is 55.8 Å². The predicted molar refractivity (Wildman–Crippen MR) is 129 cm³/mol. The minimum absolute atomic E-state index is 0.0781. The van der Waals surface area contributed by atoms with Gasteiger partial charge in [-0.1, -0.05) is 77.9 Å². The van der Waals surface area contributed by atoms with Gasteiger partial charge >= 0.3 is 5.97 Å². The Bertz CT molecular complexity index is 809. The SMILES string of the molecule is CC(C)[Si](OCc1ccc(OCc2ccccc2)c(CCC(=O)O)c1)(C(C)C)C(C)C. The lowest BCUT2D eigenvalue weighted by molar-refractivity contribution is -0.136. The molecule has 0 fully saturated rings. The lowest BCUT2D eigenvalue weighted by Gasteiger charge is -2.42. The second-order valence-corrected chi connectivity index (χ2v) is 14.7. The van der Waals surface area contributed by atoms with Crippen LogP contribution in [-0.2, 0) is 28.9 Å². The maximum Gasteiger partial charge on any atom is 0.303 e. The average molecular weight is 443 g/mol. The first-order valence-electron chi connectivity index (χ1n) is 11.3. The summed E-state index contributed by atoms with van der Waals surface area (Å²) in [6, 6.07) is 16.1. The maximum atomic E-state index is 11.2. The first-order chi connectivity index (χ1) is 14.7. The number of rotatable bonds is 12. The molecule has 4 nitrogen and oxygen atoms in total. The van der Waals surface area contributed by atoms with Crippen molar-refractivity contribution >= 4 is 14.3 Å². The molecule has 0 spiro atoms. The Balaban J connectivity index is 2.21. The lowest BCUT2D eigenvalue weighted by Crippen LogP contribution is -2.47. The highest BCUT2D eigenvalue weighted by molar-refractivity contribution is 6.77. The van der Waals surface area contributed by atoms with Crippen molar-refractivity contribution in [1.82, 2.24) is 0 Å². The third kappa shape index (κ3) is 6.68. The van der Waals surface area contributed by atoms with Crippen LogP contribution in [0.3, 0.4) is 0 Å². The Morgan fingerprint density at radius 1 is 0.871 bits per heavy atom. The van der Waals surface area contributed by atoms with Crippen LogP contribution in [0, 0.1) is 0 Å². The summed E-state index contributed by atoms with van der Waals surface area (Å²) in [4.78, 5) is 11.2. The first kappa shape index (κ1) is 25.2. The Morgan fingerprint density at radius 3 is 2.03 bits per heavy atom. The molecule has 0 amide bonds. The summed E-state index contributed by atoms with van der Waals surface area (Å²) in [5, 5.41) is 9.18. The van der Waals surface area contributed by atoms with Gasteiger partial charge in [0.05, 0.1) is 6.61 Å². The molecule has 0 saturated carbocycles. The van der Waals surface area contributed by atoms with Crippen LogP contribution in [0.15, 0.2) is 48.5 Å². The van der Waals surface area contributed by atoms with E-state index >= 15 is 0 Å². The Kier molecular flexibility index (Phi) is 9.32. The van der Waals surface area contributed by atoms with Gasteiger partial charge in [0.2, 0.25) is 8.32 Å². The minimum atomic E-state index is -1.96. The second kappa shape index (κ2) is 11.5. The summed E-state index contributed by atoms with van der Waals surface area (Å²) < 4.78 is 12.8. The van der Waals surface area contributed by atoms with E-state index in [1.165, 1.54) is 0 Å². The third-order valence-electron chi connectivity index (χ3n) is 6.17. The number of benzene rings is 2. The van der Waals surface area contributed by atoms with Gasteiger partial charge in [0.1, 0.15) is 12.4 Å². The van der Waals surface area contributed by atoms with Crippen LogP contribution in [0.5, 0.6) is 5.75 Å². The summed E-state index contributed by atoms with van der Waals surface area (Å²) in [5.74, 6) is -0.0598. The van der Waals surface area contributed by atoms with Crippen molar-refractivity contribution in [3.63, 3.8) is 0 Å². The van der Waals surface area contributed by atoms with E-state index in [0.717, 1.165) is 22.4 Å². The number of hydrogen-bond donors (Lipinski definition) is 1. The van der Waals surface area contributed by atoms with Crippen molar-refractivity contribution in [1.29, 1.82) is 0 Å². The van der Waals surface area contributed by atoms with E-state index in [9.17, 15) is 9.90 Å². The fourth-order valence-electron chi connectivity index (χ4n) is 4.74. The van der Waals surface area contributed by atoms with Crippen LogP contribution < -0.4 is 4.74 Å². The van der Waals surface area contributed by atoms with Crippen molar-refractivity contribution in [2.45, 2.75) is 84.2 Å². The van der Waals surface area contributed by atoms with Gasteiger partial charge < -0.3 is 14.3 Å². The van der Waals surface area contributed by atoms with Crippen LogP contribution in [-0.4, -0.2) is 19.4 Å². The molecule has 0 radical (unpaired) electrons. The largest absolute Gasteiger partial charge is 0.489 e. The summed E-state index contributed by atoms with van der Waals surface area (Å²) in [7, 11) is -1.96. The van der Waals surface area contributed by atoms with Crippen molar-refractivity contribution in [3.05, 3.63) is 65.2 Å². The zero-order valence-electron chi connectivity index (χ0n) is 19.9. The molecule has 0 aromatic heterocycles. The van der Waals surface area contributed by atoms with Crippen molar-refractivity contribution < 1.29 is 19.1 Å². The van der Waals surface area contributed by atoms with E-state index in [1.54, 1.807) is 0 Å². The van der Waals surface area contributed by atoms with E-state index in [2.05, 4.69) is 47.6 Å². The highest BCUT2D eigenvalue weighted by Crippen LogP contribution is 2.42. The molecule has 0 unspecified atom stereocenters. The molecule has 0 bridgehead atoms. The van der Waals surface area contributed by atoms with Crippen LogP contribution in [0.25, 0.3) is 0 Å². The van der Waals surface area contributed by atoms with Crippen LogP contribution >= 0.6 is 0 Å². The summed E-state index contributed by atoms with van der Waals surface area (Å²) in [6.45, 7) is 14.7. The molecule has 2 aromatic rings. The van der Waals surface area contributed by atoms with E-state index in [-0.39, 0.29) is 6.42 Å². The highest BCUT2D eigenvalue weighted by atomic mass is 28.4. The van der Waals surface area contributed by atoms with Gasteiger partial charge in [-0.15, -0.1) is 0 Å². The number of carboxylic acids is 1. The molecular formula is C26H38O4Si. The molecule has 0 heterocycles. The summed E-state index contributed by atoms with van der Waals surface area (Å²) in [6.07, 6.45) is 0.517. The van der Waals surface area contributed by atoms with E-state index < -0.39 is 14.3 Å². The van der Waals surface area contributed by atoms with Crippen LogP contribution in [0.1, 0.15) is 64.7 Å². The zero-order valence-corrected chi connectivity index (χ0v) is 20.9. The number of ether oxygens (including phenoxy) is 1. The monoisotopic (exact) mass is 442 g/mol. The molecule has 0 aliphatic carbocycles. The number of aryl methyl sites for hydroxylation is 1.